The van der Waals surface area contributed by atoms with Gasteiger partial charge in [0.2, 0.25) is 0 Å². The van der Waals surface area contributed by atoms with Gasteiger partial charge in [0.15, 0.2) is 0 Å². The minimum atomic E-state index is -1.22. The number of ether oxygens (including phenoxy) is 2. The molecule has 5 atom stereocenters. The maximum atomic E-state index is 13.2. The van der Waals surface area contributed by atoms with E-state index in [0.717, 1.165) is 50.5 Å². The number of aliphatic hydroxyl groups is 1. The lowest BCUT2D eigenvalue weighted by Crippen LogP contribution is -2.55. The molecule has 10 heteroatoms. The highest BCUT2D eigenvalue weighted by Crippen LogP contribution is 2.44. The van der Waals surface area contributed by atoms with Gasteiger partial charge in [-0.3, -0.25) is 9.59 Å². The summed E-state index contributed by atoms with van der Waals surface area (Å²) < 4.78 is 11.6. The quantitative estimate of drug-likeness (QED) is 0.160. The van der Waals surface area contributed by atoms with Crippen LogP contribution in [0.5, 0.6) is 0 Å². The average Bonchev–Trinajstić information content (AvgIpc) is 3.03. The maximum Gasteiger partial charge on any atom is 0.404 e. The van der Waals surface area contributed by atoms with Crippen molar-refractivity contribution >= 4 is 17.5 Å². The normalized spacial score (nSPS) is 20.8. The molecule has 4 rings (SSSR count). The number of nitrogens with zero attached hydrogens (tertiary/aromatic N) is 1. The first-order valence-electron chi connectivity index (χ1n) is 16.7. The standard InChI is InChI=1S/C35H53N3O7/c1-35(2,3)27(23-13-7-5-8-14-23)28(26(39)21-36-34(42)43)37-29-30(32(41)31(29)40)38-18-11-17-25(22-38)33(45-20-12-19-44-4)24-15-9-6-10-16-24/h6,9-10,15-16,23,25-28,33,36-37,39H,5,7-8,11-14,17-22H2,1-4H3,(H,42,43)/t25?,26-,27?,28-,33?/m1/s1. The van der Waals surface area contributed by atoms with E-state index in [9.17, 15) is 24.6 Å². The number of amides is 1. The molecule has 0 bridgehead atoms. The van der Waals surface area contributed by atoms with Crippen molar-refractivity contribution in [1.82, 2.24) is 5.32 Å². The Bertz CT molecular complexity index is 1280. The minimum absolute atomic E-state index is 0.0577. The van der Waals surface area contributed by atoms with Gasteiger partial charge in [0, 0.05) is 45.9 Å². The lowest BCUT2D eigenvalue weighted by Gasteiger charge is -2.46. The number of benzene rings is 1. The molecule has 2 aromatic rings. The summed E-state index contributed by atoms with van der Waals surface area (Å²) in [5, 5.41) is 26.4. The fraction of sp³-hybridized carbons (Fsp3) is 0.686. The molecule has 0 radical (unpaired) electrons. The van der Waals surface area contributed by atoms with E-state index in [0.29, 0.717) is 37.9 Å². The summed E-state index contributed by atoms with van der Waals surface area (Å²) in [4.78, 5) is 39.8. The van der Waals surface area contributed by atoms with Gasteiger partial charge < -0.3 is 35.2 Å². The molecule has 1 aliphatic carbocycles. The zero-order valence-corrected chi connectivity index (χ0v) is 27.4. The van der Waals surface area contributed by atoms with Crippen molar-refractivity contribution in [2.24, 2.45) is 23.2 Å². The van der Waals surface area contributed by atoms with Crippen molar-refractivity contribution in [3.8, 4) is 0 Å². The van der Waals surface area contributed by atoms with Crippen LogP contribution < -0.4 is 26.4 Å². The van der Waals surface area contributed by atoms with Crippen molar-refractivity contribution in [1.29, 1.82) is 0 Å². The number of hydrogen-bond acceptors (Lipinski definition) is 8. The van der Waals surface area contributed by atoms with E-state index in [1.807, 2.05) is 23.1 Å². The van der Waals surface area contributed by atoms with E-state index in [4.69, 9.17) is 9.47 Å². The van der Waals surface area contributed by atoms with Crippen LogP contribution in [-0.2, 0) is 9.47 Å². The van der Waals surface area contributed by atoms with Gasteiger partial charge >= 0.3 is 6.09 Å². The number of carbonyl (C=O) groups is 1. The van der Waals surface area contributed by atoms with Crippen LogP contribution in [0.1, 0.15) is 83.8 Å². The maximum absolute atomic E-state index is 13.2. The SMILES string of the molecule is COCCCOC(c1ccccc1)C1CCCN(c2c(N[C@@H](C(C3CCCCC3)C(C)(C)C)[C@H](O)CNC(=O)O)c(=O)c2=O)C1. The molecule has 1 heterocycles. The first kappa shape index (κ1) is 34.9. The highest BCUT2D eigenvalue weighted by atomic mass is 16.5. The minimum Gasteiger partial charge on any atom is -0.465 e. The first-order valence-corrected chi connectivity index (χ1v) is 16.7. The Morgan fingerprint density at radius 2 is 1.69 bits per heavy atom. The third-order valence-corrected chi connectivity index (χ3v) is 9.74. The van der Waals surface area contributed by atoms with Crippen molar-refractivity contribution in [2.45, 2.75) is 90.4 Å². The molecule has 0 aromatic heterocycles. The van der Waals surface area contributed by atoms with E-state index in [-0.39, 0.29) is 35.6 Å². The molecule has 10 nitrogen and oxygen atoms in total. The molecular formula is C35H53N3O7. The van der Waals surface area contributed by atoms with Gasteiger partial charge in [-0.15, -0.1) is 0 Å². The Balaban J connectivity index is 1.62. The van der Waals surface area contributed by atoms with E-state index in [2.05, 4.69) is 43.5 Å². The Hall–Kier alpha value is -2.95. The average molecular weight is 628 g/mol. The Morgan fingerprint density at radius 3 is 2.33 bits per heavy atom. The number of anilines is 2. The molecule has 45 heavy (non-hydrogen) atoms. The van der Waals surface area contributed by atoms with Crippen LogP contribution in [0.2, 0.25) is 0 Å². The van der Waals surface area contributed by atoms with E-state index in [1.165, 1.54) is 6.42 Å². The van der Waals surface area contributed by atoms with Gasteiger partial charge in [-0.1, -0.05) is 83.2 Å². The van der Waals surface area contributed by atoms with Crippen molar-refractivity contribution in [3.63, 3.8) is 0 Å². The molecule has 1 amide bonds. The predicted molar refractivity (Wildman–Crippen MR) is 177 cm³/mol. The predicted octanol–water partition coefficient (Wildman–Crippen LogP) is 4.95. The zero-order valence-electron chi connectivity index (χ0n) is 27.4. The summed E-state index contributed by atoms with van der Waals surface area (Å²) in [6, 6.07) is 9.50. The number of rotatable bonds is 15. The molecule has 1 saturated carbocycles. The lowest BCUT2D eigenvalue weighted by molar-refractivity contribution is -0.00236. The van der Waals surface area contributed by atoms with E-state index in [1.54, 1.807) is 7.11 Å². The second-order valence-corrected chi connectivity index (χ2v) is 14.0. The number of aliphatic hydroxyl groups excluding tert-OH is 1. The summed E-state index contributed by atoms with van der Waals surface area (Å²) in [5.74, 6) is 0.344. The van der Waals surface area contributed by atoms with Gasteiger partial charge in [-0.05, 0) is 42.1 Å². The van der Waals surface area contributed by atoms with Gasteiger partial charge in [0.1, 0.15) is 11.4 Å². The van der Waals surface area contributed by atoms with Crippen LogP contribution >= 0.6 is 0 Å². The largest absolute Gasteiger partial charge is 0.465 e. The van der Waals surface area contributed by atoms with Crippen LogP contribution in [0.15, 0.2) is 39.9 Å². The third-order valence-electron chi connectivity index (χ3n) is 9.74. The topological polar surface area (TPSA) is 137 Å². The number of methoxy groups -OCH3 is 1. The highest BCUT2D eigenvalue weighted by molar-refractivity contribution is 5.76. The fourth-order valence-electron chi connectivity index (χ4n) is 7.78. The second kappa shape index (κ2) is 16.1. The lowest BCUT2D eigenvalue weighted by atomic mass is 9.64. The highest BCUT2D eigenvalue weighted by Gasteiger charge is 2.43. The molecule has 1 saturated heterocycles. The number of nitrogens with one attached hydrogen (secondary N) is 2. The summed E-state index contributed by atoms with van der Waals surface area (Å²) >= 11 is 0. The number of hydrogen-bond donors (Lipinski definition) is 4. The Labute approximate surface area is 267 Å². The van der Waals surface area contributed by atoms with Crippen molar-refractivity contribution < 1.29 is 24.5 Å². The van der Waals surface area contributed by atoms with Crippen molar-refractivity contribution in [3.05, 3.63) is 56.3 Å². The Kier molecular flexibility index (Phi) is 12.5. The number of piperidine rings is 1. The Morgan fingerprint density at radius 1 is 1.00 bits per heavy atom. The van der Waals surface area contributed by atoms with E-state index < -0.39 is 29.1 Å². The van der Waals surface area contributed by atoms with Gasteiger partial charge in [0.25, 0.3) is 10.9 Å². The second-order valence-electron chi connectivity index (χ2n) is 14.0. The molecule has 250 valence electrons. The van der Waals surface area contributed by atoms with Gasteiger partial charge in [-0.25, -0.2) is 4.79 Å². The zero-order chi connectivity index (χ0) is 32.6. The van der Waals surface area contributed by atoms with E-state index >= 15 is 0 Å². The summed E-state index contributed by atoms with van der Waals surface area (Å²) in [5.41, 5.74) is 0.345. The van der Waals surface area contributed by atoms with Gasteiger partial charge in [0.05, 0.1) is 18.2 Å². The van der Waals surface area contributed by atoms with Crippen LogP contribution in [0.25, 0.3) is 0 Å². The molecule has 2 aromatic carbocycles. The van der Waals surface area contributed by atoms with Crippen LogP contribution in [0.4, 0.5) is 16.2 Å². The molecule has 2 fully saturated rings. The molecule has 2 aliphatic rings. The third kappa shape index (κ3) is 8.86. The molecule has 4 N–H and O–H groups in total. The smallest absolute Gasteiger partial charge is 0.404 e. The summed E-state index contributed by atoms with van der Waals surface area (Å²) in [6.07, 6.45) is 5.46. The monoisotopic (exact) mass is 627 g/mol. The van der Waals surface area contributed by atoms with Crippen LogP contribution in [-0.4, -0.2) is 68.4 Å². The summed E-state index contributed by atoms with van der Waals surface area (Å²) in [7, 11) is 1.68. The molecule has 3 unspecified atom stereocenters. The molecule has 1 aliphatic heterocycles. The van der Waals surface area contributed by atoms with Crippen molar-refractivity contribution in [2.75, 3.05) is 50.2 Å². The molecule has 0 spiro atoms. The van der Waals surface area contributed by atoms with Gasteiger partial charge in [-0.2, -0.15) is 0 Å². The number of carboxylic acid groups (broad SMARTS) is 1. The van der Waals surface area contributed by atoms with Crippen LogP contribution in [0.3, 0.4) is 0 Å². The van der Waals surface area contributed by atoms with Crippen LogP contribution in [0, 0.1) is 23.2 Å². The summed E-state index contributed by atoms with van der Waals surface area (Å²) in [6.45, 7) is 8.58. The molecular weight excluding hydrogens is 574 g/mol. The first-order chi connectivity index (χ1) is 21.5. The fourth-order valence-corrected chi connectivity index (χ4v) is 7.78.